The standard InChI is InChI=1S/C26H30N6O3.C16H28BNO4.C16H14BrN5O.C11H13NO.C5H2Br2N4/c1-26(2,3)35-25(34)31-11-5-7-18(14-31)22-15-32-24(27-16-28-32)23(30-22)29-20-10-9-17-6-4-8-21(33)13-19(17)12-20;1-14(2,3)20-13(19)18-10-8-9-12(11-18)17-21-15(4,5)16(6,7)22-17;17-14-8-22-16(18-9-19-22)15(21-14)20-12-5-4-10-2-1-3-13(23)7-11(10)6-12;12-10-5-4-8-2-1-3-11(13)7-9(8)6-10;6-3-1-11-5(4(7)10-3)8-2-9-11/h7,9-10,12,15-16H,4-6,8,11,13-14H2,1-3H3,(H,29,30);9H,8,10-11H2,1-7H3;4-6,8-9H,1-3,7H2,(H,20,21);4-6H,1-3,7,12H2;1-2H. The number of nitrogens with zero attached hydrogens (tertiary/aromatic N) is 14. The van der Waals surface area contributed by atoms with Crippen molar-refractivity contribution in [3.63, 3.8) is 0 Å². The molecule has 3 aliphatic carbocycles. The minimum atomic E-state index is -0.550. The first kappa shape index (κ1) is 76.3. The fraction of sp³-hybridized carbons (Fsp3) is 0.432. The van der Waals surface area contributed by atoms with E-state index in [-0.39, 0.29) is 29.2 Å². The second kappa shape index (κ2) is 32.7. The maximum atomic E-state index is 12.6. The number of aromatic nitrogens is 12. The quantitative estimate of drug-likeness (QED) is 0.0791. The molecule has 546 valence electrons. The number of hydrogen-bond acceptors (Lipinski definition) is 21. The van der Waals surface area contributed by atoms with E-state index in [0.717, 1.165) is 94.3 Å². The van der Waals surface area contributed by atoms with E-state index in [0.29, 0.717) is 126 Å². The third-order valence-corrected chi connectivity index (χ3v) is 19.5. The van der Waals surface area contributed by atoms with E-state index >= 15 is 0 Å². The van der Waals surface area contributed by atoms with E-state index in [9.17, 15) is 24.0 Å². The van der Waals surface area contributed by atoms with Crippen LogP contribution in [0.15, 0.2) is 124 Å². The molecule has 26 nitrogen and oxygen atoms in total. The number of nitrogens with one attached hydrogen (secondary N) is 2. The number of hydrogen-bond donors (Lipinski definition) is 3. The van der Waals surface area contributed by atoms with E-state index in [1.54, 1.807) is 35.7 Å². The van der Waals surface area contributed by atoms with Crippen LogP contribution in [0.1, 0.15) is 160 Å². The van der Waals surface area contributed by atoms with E-state index < -0.39 is 18.3 Å². The Morgan fingerprint density at radius 2 is 0.971 bits per heavy atom. The Hall–Kier alpha value is -8.84. The van der Waals surface area contributed by atoms with Crippen LogP contribution in [0.4, 0.5) is 38.3 Å². The van der Waals surface area contributed by atoms with Gasteiger partial charge in [0.1, 0.15) is 56.7 Å². The van der Waals surface area contributed by atoms with Crippen molar-refractivity contribution in [3.8, 4) is 0 Å². The molecule has 0 unspecified atom stereocenters. The highest BCUT2D eigenvalue weighted by atomic mass is 79.9. The minimum Gasteiger partial charge on any atom is -0.444 e. The summed E-state index contributed by atoms with van der Waals surface area (Å²) in [6.45, 7) is 21.5. The van der Waals surface area contributed by atoms with Gasteiger partial charge in [-0.05, 0) is 249 Å². The van der Waals surface area contributed by atoms with Gasteiger partial charge in [-0.3, -0.25) is 14.4 Å². The predicted octanol–water partition coefficient (Wildman–Crippen LogP) is 14.0. The zero-order valence-electron chi connectivity index (χ0n) is 60.3. The van der Waals surface area contributed by atoms with Crippen LogP contribution in [-0.2, 0) is 71.7 Å². The topological polar surface area (TPSA) is 308 Å². The van der Waals surface area contributed by atoms with Gasteiger partial charge >= 0.3 is 19.3 Å². The SMILES string of the molecule is Brc1cn2ncnc2c(Br)n1.CC(C)(C)OC(=O)N1CCC=C(B2OC(C)(C)C(C)(C)O2)C1.CC(C)(C)OC(=O)N1CCC=C(c2cn3ncnc3c(Nc3ccc4c(c3)CC(=O)CCC4)n2)C1.Nc1ccc2c(c1)CC(=O)CCC2.O=C1CCCc2ccc(Nc3nc(Br)cn4ncnc34)cc2C1. The van der Waals surface area contributed by atoms with Crippen LogP contribution < -0.4 is 16.4 Å². The normalized spacial score (nSPS) is 17.1. The second-order valence-corrected chi connectivity index (χ2v) is 31.6. The van der Waals surface area contributed by atoms with Crippen LogP contribution >= 0.6 is 47.8 Å². The molecule has 4 N–H and O–H groups in total. The molecule has 9 aromatic rings. The number of amides is 2. The highest BCUT2D eigenvalue weighted by molar-refractivity contribution is 9.11. The van der Waals surface area contributed by atoms with Crippen LogP contribution in [0.25, 0.3) is 22.5 Å². The van der Waals surface area contributed by atoms with Gasteiger partial charge in [-0.1, -0.05) is 30.4 Å². The van der Waals surface area contributed by atoms with Gasteiger partial charge in [0.25, 0.3) is 0 Å². The number of nitrogen functional groups attached to an aromatic ring is 1. The summed E-state index contributed by atoms with van der Waals surface area (Å²) in [5, 5.41) is 19.1. The molecule has 6 aliphatic rings. The summed E-state index contributed by atoms with van der Waals surface area (Å²) in [7, 11) is -0.393. The molecule has 30 heteroatoms. The molecule has 15 rings (SSSR count). The van der Waals surface area contributed by atoms with Crippen molar-refractivity contribution in [1.82, 2.24) is 68.5 Å². The van der Waals surface area contributed by atoms with Crippen molar-refractivity contribution in [2.24, 2.45) is 0 Å². The monoisotopic (exact) mass is 1610 g/mol. The maximum Gasteiger partial charge on any atom is 0.492 e. The lowest BCUT2D eigenvalue weighted by atomic mass is 9.76. The van der Waals surface area contributed by atoms with E-state index in [1.165, 1.54) is 35.7 Å². The lowest BCUT2D eigenvalue weighted by molar-refractivity contribution is -0.119. The smallest absolute Gasteiger partial charge is 0.444 e. The number of ketones is 3. The van der Waals surface area contributed by atoms with Crippen LogP contribution in [-0.4, -0.2) is 154 Å². The lowest BCUT2D eigenvalue weighted by Crippen LogP contribution is -2.42. The van der Waals surface area contributed by atoms with E-state index in [1.807, 2.05) is 118 Å². The molecular weight excluding hydrogens is 1520 g/mol. The average Bonchev–Trinajstić information content (AvgIpc) is 1.60. The van der Waals surface area contributed by atoms with Crippen LogP contribution in [0, 0.1) is 0 Å². The summed E-state index contributed by atoms with van der Waals surface area (Å²) in [4.78, 5) is 89.5. The number of ether oxygens (including phenoxy) is 2. The Morgan fingerprint density at radius 3 is 1.48 bits per heavy atom. The largest absolute Gasteiger partial charge is 0.492 e. The van der Waals surface area contributed by atoms with E-state index in [2.05, 4.69) is 123 Å². The number of carbonyl (C=O) groups is 5. The van der Waals surface area contributed by atoms with Gasteiger partial charge in [0.2, 0.25) is 0 Å². The number of nitrogens with two attached hydrogens (primary N) is 1. The molecule has 3 aliphatic heterocycles. The first-order chi connectivity index (χ1) is 49.4. The summed E-state index contributed by atoms with van der Waals surface area (Å²) in [6.07, 6.45) is 24.2. The number of fused-ring (bicyclic) bond motifs is 6. The molecule has 0 bridgehead atoms. The number of rotatable bonds is 6. The number of halogens is 3. The average molecular weight is 1610 g/mol. The Kier molecular flexibility index (Phi) is 24.0. The summed E-state index contributed by atoms with van der Waals surface area (Å²) >= 11 is 9.88. The first-order valence-electron chi connectivity index (χ1n) is 34.9. The summed E-state index contributed by atoms with van der Waals surface area (Å²) in [5.74, 6) is 2.11. The number of anilines is 5. The van der Waals surface area contributed by atoms with Crippen molar-refractivity contribution in [2.45, 2.75) is 182 Å². The number of benzene rings is 3. The third-order valence-electron chi connectivity index (χ3n) is 18.2. The van der Waals surface area contributed by atoms with Crippen LogP contribution in [0.2, 0.25) is 0 Å². The third kappa shape index (κ3) is 20.0. The Morgan fingerprint density at radius 1 is 0.538 bits per heavy atom. The minimum absolute atomic E-state index is 0.277. The van der Waals surface area contributed by atoms with Crippen LogP contribution in [0.5, 0.6) is 0 Å². The molecule has 6 aromatic heterocycles. The first-order valence-corrected chi connectivity index (χ1v) is 37.2. The van der Waals surface area contributed by atoms with Gasteiger partial charge in [-0.25, -0.2) is 53.0 Å². The zero-order valence-corrected chi connectivity index (χ0v) is 65.0. The van der Waals surface area contributed by atoms with Crippen molar-refractivity contribution < 1.29 is 42.8 Å². The van der Waals surface area contributed by atoms with Gasteiger partial charge in [-0.15, -0.1) is 0 Å². The zero-order chi connectivity index (χ0) is 74.3. The molecule has 0 spiro atoms. The fourth-order valence-electron chi connectivity index (χ4n) is 12.4. The molecule has 9 heterocycles. The van der Waals surface area contributed by atoms with Crippen LogP contribution in [0.3, 0.4) is 0 Å². The maximum absolute atomic E-state index is 12.6. The molecule has 1 saturated heterocycles. The highest BCUT2D eigenvalue weighted by Gasteiger charge is 2.53. The fourth-order valence-corrected chi connectivity index (χ4v) is 13.9. The Labute approximate surface area is 629 Å². The predicted molar refractivity (Wildman–Crippen MR) is 408 cm³/mol. The van der Waals surface area contributed by atoms with Crippen molar-refractivity contribution >= 4 is 136 Å². The molecule has 0 atom stereocenters. The summed E-state index contributed by atoms with van der Waals surface area (Å²) in [6, 6.07) is 18.2. The molecule has 0 radical (unpaired) electrons. The van der Waals surface area contributed by atoms with Crippen molar-refractivity contribution in [2.75, 3.05) is 42.5 Å². The number of carbonyl (C=O) groups excluding carboxylic acids is 5. The summed E-state index contributed by atoms with van der Waals surface area (Å²) < 4.78 is 30.2. The van der Waals surface area contributed by atoms with Gasteiger partial charge < -0.3 is 44.9 Å². The second-order valence-electron chi connectivity index (χ2n) is 29.3. The van der Waals surface area contributed by atoms with Gasteiger partial charge in [0, 0.05) is 75.2 Å². The molecule has 3 aromatic carbocycles. The van der Waals surface area contributed by atoms with E-state index in [4.69, 9.17) is 29.5 Å². The molecule has 104 heavy (non-hydrogen) atoms. The van der Waals surface area contributed by atoms with Crippen molar-refractivity contribution in [1.29, 1.82) is 0 Å². The Bertz CT molecular complexity index is 4730. The molecule has 1 fully saturated rings. The number of aryl methyl sites for hydroxylation is 3. The highest BCUT2D eigenvalue weighted by Crippen LogP contribution is 2.40. The molecular formula is C74H87BBr3N17O9. The summed E-state index contributed by atoms with van der Waals surface area (Å²) in [5.41, 5.74) is 18.1. The van der Waals surface area contributed by atoms with Crippen molar-refractivity contribution in [3.05, 3.63) is 163 Å². The molecule has 2 amide bonds. The van der Waals surface area contributed by atoms with Gasteiger partial charge in [0.05, 0.1) is 42.0 Å². The lowest BCUT2D eigenvalue weighted by Gasteiger charge is -2.32. The Balaban J connectivity index is 0.000000138. The molecule has 0 saturated carbocycles. The van der Waals surface area contributed by atoms with Gasteiger partial charge in [-0.2, -0.15) is 15.3 Å². The number of Topliss-reactive ketones (excluding diaryl/α,β-unsaturated/α-hetero) is 3. The van der Waals surface area contributed by atoms with Gasteiger partial charge in [0.15, 0.2) is 33.2 Å².